The predicted molar refractivity (Wildman–Crippen MR) is 46.5 cm³/mol. The molecule has 0 N–H and O–H groups in total. The smallest absolute Gasteiger partial charge is 0.0953 e. The highest BCUT2D eigenvalue weighted by molar-refractivity contribution is 5.07. The molecule has 1 aromatic rings. The van der Waals surface area contributed by atoms with Crippen molar-refractivity contribution in [2.24, 2.45) is 0 Å². The van der Waals surface area contributed by atoms with Crippen molar-refractivity contribution < 1.29 is 0 Å². The summed E-state index contributed by atoms with van der Waals surface area (Å²) in [6.45, 7) is 6.28. The molecule has 0 spiro atoms. The fourth-order valence-corrected chi connectivity index (χ4v) is 1.14. The molecule has 0 bridgehead atoms. The maximum absolute atomic E-state index is 8.54. The third-order valence-electron chi connectivity index (χ3n) is 1.70. The first-order valence-corrected chi connectivity index (χ1v) is 3.94. The molecule has 0 saturated carbocycles. The van der Waals surface area contributed by atoms with Crippen LogP contribution in [-0.2, 0) is 12.0 Å². The van der Waals surface area contributed by atoms with E-state index < -0.39 is 0 Å². The average Bonchev–Trinajstić information content (AvgIpc) is 2.34. The second-order valence-electron chi connectivity index (χ2n) is 3.76. The number of rotatable bonds is 1. The zero-order valence-corrected chi connectivity index (χ0v) is 7.70. The van der Waals surface area contributed by atoms with E-state index >= 15 is 0 Å². The molecule has 0 saturated heterocycles. The lowest BCUT2D eigenvalue weighted by Gasteiger charge is -2.22. The van der Waals surface area contributed by atoms with Crippen LogP contribution in [0.1, 0.15) is 26.5 Å². The molecule has 0 fully saturated rings. The number of aromatic nitrogens is 2. The molecule has 3 nitrogen and oxygen atoms in total. The first kappa shape index (κ1) is 8.79. The van der Waals surface area contributed by atoms with Gasteiger partial charge in [-0.05, 0) is 20.8 Å². The Bertz CT molecular complexity index is 298. The van der Waals surface area contributed by atoms with E-state index in [0.717, 1.165) is 5.69 Å². The molecular weight excluding hydrogens is 150 g/mol. The third kappa shape index (κ3) is 1.65. The Kier molecular flexibility index (Phi) is 2.18. The van der Waals surface area contributed by atoms with E-state index in [0.29, 0.717) is 6.42 Å². The van der Waals surface area contributed by atoms with Gasteiger partial charge in [0, 0.05) is 11.7 Å². The maximum atomic E-state index is 8.54. The van der Waals surface area contributed by atoms with Gasteiger partial charge in [-0.2, -0.15) is 5.26 Å². The molecule has 0 amide bonds. The van der Waals surface area contributed by atoms with Gasteiger partial charge in [0.15, 0.2) is 0 Å². The summed E-state index contributed by atoms with van der Waals surface area (Å²) >= 11 is 0. The normalized spacial score (nSPS) is 11.2. The first-order chi connectivity index (χ1) is 5.55. The van der Waals surface area contributed by atoms with Crippen LogP contribution in [0.2, 0.25) is 0 Å². The second-order valence-corrected chi connectivity index (χ2v) is 3.76. The van der Waals surface area contributed by atoms with Crippen molar-refractivity contribution in [1.82, 2.24) is 9.55 Å². The number of nitrogens with zero attached hydrogens (tertiary/aromatic N) is 3. The highest BCUT2D eigenvalue weighted by atomic mass is 15.1. The molecule has 1 rings (SSSR count). The Morgan fingerprint density at radius 1 is 1.58 bits per heavy atom. The van der Waals surface area contributed by atoms with Gasteiger partial charge in [-0.3, -0.25) is 0 Å². The van der Waals surface area contributed by atoms with Gasteiger partial charge in [-0.1, -0.05) is 0 Å². The van der Waals surface area contributed by atoms with Crippen LogP contribution >= 0.6 is 0 Å². The maximum Gasteiger partial charge on any atom is 0.0953 e. The van der Waals surface area contributed by atoms with Gasteiger partial charge >= 0.3 is 0 Å². The largest absolute Gasteiger partial charge is 0.328 e. The van der Waals surface area contributed by atoms with Crippen molar-refractivity contribution in [2.45, 2.75) is 32.7 Å². The van der Waals surface area contributed by atoms with Crippen LogP contribution in [0.3, 0.4) is 0 Å². The molecule has 1 aromatic heterocycles. The Morgan fingerprint density at radius 3 is 2.75 bits per heavy atom. The Morgan fingerprint density at radius 2 is 2.25 bits per heavy atom. The Balaban J connectivity index is 3.01. The third-order valence-corrected chi connectivity index (χ3v) is 1.70. The first-order valence-electron chi connectivity index (χ1n) is 3.94. The van der Waals surface area contributed by atoms with E-state index in [9.17, 15) is 0 Å². The van der Waals surface area contributed by atoms with Crippen LogP contribution in [-0.4, -0.2) is 9.55 Å². The lowest BCUT2D eigenvalue weighted by atomic mass is 10.1. The number of imidazole rings is 1. The minimum Gasteiger partial charge on any atom is -0.328 e. The fourth-order valence-electron chi connectivity index (χ4n) is 1.14. The molecule has 0 aromatic carbocycles. The van der Waals surface area contributed by atoms with Crippen molar-refractivity contribution in [3.63, 3.8) is 0 Å². The van der Waals surface area contributed by atoms with Crippen LogP contribution in [0.5, 0.6) is 0 Å². The van der Waals surface area contributed by atoms with E-state index in [1.54, 1.807) is 12.5 Å². The lowest BCUT2D eigenvalue weighted by molar-refractivity contribution is 0.387. The molecule has 0 atom stereocenters. The zero-order chi connectivity index (χ0) is 9.19. The second kappa shape index (κ2) is 2.98. The van der Waals surface area contributed by atoms with Crippen LogP contribution in [0, 0.1) is 11.3 Å². The van der Waals surface area contributed by atoms with Crippen LogP contribution < -0.4 is 0 Å². The standard InChI is InChI=1S/C9H13N3/c1-9(2,3)12-7-11-6-8(12)4-5-10/h6-7H,4H2,1-3H3. The summed E-state index contributed by atoms with van der Waals surface area (Å²) < 4.78 is 2.02. The summed E-state index contributed by atoms with van der Waals surface area (Å²) in [5.74, 6) is 0. The lowest BCUT2D eigenvalue weighted by Crippen LogP contribution is -2.22. The summed E-state index contributed by atoms with van der Waals surface area (Å²) in [5.41, 5.74) is 0.993. The van der Waals surface area contributed by atoms with Crippen molar-refractivity contribution in [3.8, 4) is 6.07 Å². The average molecular weight is 163 g/mol. The highest BCUT2D eigenvalue weighted by Crippen LogP contribution is 2.16. The summed E-state index contributed by atoms with van der Waals surface area (Å²) in [4.78, 5) is 4.02. The van der Waals surface area contributed by atoms with Crippen LogP contribution in [0.25, 0.3) is 0 Å². The molecule has 0 aliphatic carbocycles. The summed E-state index contributed by atoms with van der Waals surface area (Å²) in [7, 11) is 0. The molecule has 12 heavy (non-hydrogen) atoms. The minimum absolute atomic E-state index is 0.0166. The van der Waals surface area contributed by atoms with Crippen molar-refractivity contribution in [3.05, 3.63) is 18.2 Å². The quantitative estimate of drug-likeness (QED) is 0.632. The van der Waals surface area contributed by atoms with E-state index in [2.05, 4.69) is 31.8 Å². The molecule has 0 unspecified atom stereocenters. The van der Waals surface area contributed by atoms with Gasteiger partial charge < -0.3 is 4.57 Å². The monoisotopic (exact) mass is 163 g/mol. The minimum atomic E-state index is 0.0166. The van der Waals surface area contributed by atoms with Crippen LogP contribution in [0.4, 0.5) is 0 Å². The molecule has 0 aliphatic heterocycles. The number of nitriles is 1. The fraction of sp³-hybridized carbons (Fsp3) is 0.556. The highest BCUT2D eigenvalue weighted by Gasteiger charge is 2.15. The molecule has 64 valence electrons. The van der Waals surface area contributed by atoms with E-state index in [1.807, 2.05) is 4.57 Å². The van der Waals surface area contributed by atoms with Crippen LogP contribution in [0.15, 0.2) is 12.5 Å². The van der Waals surface area contributed by atoms with Gasteiger partial charge in [-0.25, -0.2) is 4.98 Å². The Hall–Kier alpha value is -1.30. The Labute approximate surface area is 72.7 Å². The van der Waals surface area contributed by atoms with E-state index in [1.165, 1.54) is 0 Å². The molecule has 0 aliphatic rings. The van der Waals surface area contributed by atoms with Crippen molar-refractivity contribution in [1.29, 1.82) is 5.26 Å². The van der Waals surface area contributed by atoms with Crippen molar-refractivity contribution >= 4 is 0 Å². The molecule has 1 heterocycles. The predicted octanol–water partition coefficient (Wildman–Crippen LogP) is 1.70. The molecular formula is C9H13N3. The van der Waals surface area contributed by atoms with Gasteiger partial charge in [0.2, 0.25) is 0 Å². The summed E-state index contributed by atoms with van der Waals surface area (Å²) in [6.07, 6.45) is 3.94. The van der Waals surface area contributed by atoms with Gasteiger partial charge in [0.25, 0.3) is 0 Å². The molecule has 3 heteroatoms. The number of hydrogen-bond donors (Lipinski definition) is 0. The zero-order valence-electron chi connectivity index (χ0n) is 7.70. The van der Waals surface area contributed by atoms with Gasteiger partial charge in [0.05, 0.1) is 24.5 Å². The summed E-state index contributed by atoms with van der Waals surface area (Å²) in [5, 5.41) is 8.54. The van der Waals surface area contributed by atoms with E-state index in [4.69, 9.17) is 5.26 Å². The van der Waals surface area contributed by atoms with Gasteiger partial charge in [0.1, 0.15) is 0 Å². The van der Waals surface area contributed by atoms with Gasteiger partial charge in [-0.15, -0.1) is 0 Å². The van der Waals surface area contributed by atoms with E-state index in [-0.39, 0.29) is 5.54 Å². The SMILES string of the molecule is CC(C)(C)n1cncc1CC#N. The number of hydrogen-bond acceptors (Lipinski definition) is 2. The molecule has 0 radical (unpaired) electrons. The topological polar surface area (TPSA) is 41.6 Å². The van der Waals surface area contributed by atoms with Crippen molar-refractivity contribution in [2.75, 3.05) is 0 Å². The summed E-state index contributed by atoms with van der Waals surface area (Å²) in [6, 6.07) is 2.12.